The summed E-state index contributed by atoms with van der Waals surface area (Å²) in [5.74, 6) is 1.23. The molecule has 7 nitrogen and oxygen atoms in total. The van der Waals surface area contributed by atoms with Crippen molar-refractivity contribution in [1.29, 1.82) is 0 Å². The molecule has 0 spiro atoms. The molecule has 0 fully saturated rings. The number of para-hydroxylation sites is 1. The van der Waals surface area contributed by atoms with Crippen LogP contribution in [0.15, 0.2) is 51.7 Å². The highest BCUT2D eigenvalue weighted by atomic mass is 16.5. The molecule has 7 heteroatoms. The van der Waals surface area contributed by atoms with E-state index in [4.69, 9.17) is 13.9 Å². The number of aliphatic hydroxyl groups excluding tert-OH is 1. The number of methoxy groups -OCH3 is 1. The molecule has 0 saturated carbocycles. The number of hydrogen-bond acceptors (Lipinski definition) is 6. The van der Waals surface area contributed by atoms with Crippen molar-refractivity contribution in [3.63, 3.8) is 0 Å². The highest BCUT2D eigenvalue weighted by Crippen LogP contribution is 2.40. The van der Waals surface area contributed by atoms with Crippen LogP contribution < -0.4 is 14.9 Å². The summed E-state index contributed by atoms with van der Waals surface area (Å²) in [6.45, 7) is 4.65. The topological polar surface area (TPSA) is 89.2 Å². The van der Waals surface area contributed by atoms with Crippen LogP contribution in [0.4, 0.5) is 0 Å². The predicted octanol–water partition coefficient (Wildman–Crippen LogP) is 3.76. The van der Waals surface area contributed by atoms with Crippen molar-refractivity contribution in [3.8, 4) is 11.5 Å². The first kappa shape index (κ1) is 21.9. The van der Waals surface area contributed by atoms with Crippen LogP contribution in [0.25, 0.3) is 11.0 Å². The Morgan fingerprint density at radius 2 is 1.91 bits per heavy atom. The molecule has 0 aliphatic carbocycles. The van der Waals surface area contributed by atoms with Gasteiger partial charge in [0.1, 0.15) is 5.58 Å². The molecule has 0 saturated heterocycles. The Hall–Kier alpha value is -3.32. The summed E-state index contributed by atoms with van der Waals surface area (Å²) in [4.78, 5) is 27.9. The van der Waals surface area contributed by atoms with Gasteiger partial charge in [-0.15, -0.1) is 0 Å². The first-order valence-electron chi connectivity index (χ1n) is 10.7. The average molecular weight is 437 g/mol. The second-order valence-electron chi connectivity index (χ2n) is 8.24. The Bertz CT molecular complexity index is 1200. The lowest BCUT2D eigenvalue weighted by Crippen LogP contribution is -2.32. The van der Waals surface area contributed by atoms with E-state index in [0.29, 0.717) is 40.6 Å². The number of ether oxygens (including phenoxy) is 2. The molecular formula is C25H27NO6. The van der Waals surface area contributed by atoms with Crippen molar-refractivity contribution in [2.75, 3.05) is 26.9 Å². The maximum absolute atomic E-state index is 13.4. The highest BCUT2D eigenvalue weighted by Gasteiger charge is 2.42. The maximum atomic E-state index is 13.4. The lowest BCUT2D eigenvalue weighted by molar-refractivity contribution is 0.0691. The molecule has 0 unspecified atom stereocenters. The van der Waals surface area contributed by atoms with Crippen LogP contribution in [-0.2, 0) is 0 Å². The SMILES string of the molecule is COc1cc([C@@H]2c3c(oc4ccccc4c3=O)C(=O)N2CCO)ccc1OCCC(C)C. The molecule has 2 aromatic carbocycles. The molecule has 1 atom stereocenters. The number of fused-ring (bicyclic) bond motifs is 2. The largest absolute Gasteiger partial charge is 0.493 e. The van der Waals surface area contributed by atoms with Crippen molar-refractivity contribution < 1.29 is 23.8 Å². The number of aliphatic hydroxyl groups is 1. The first-order chi connectivity index (χ1) is 15.5. The van der Waals surface area contributed by atoms with Gasteiger partial charge in [-0.3, -0.25) is 9.59 Å². The fourth-order valence-electron chi connectivity index (χ4n) is 4.03. The number of hydrogen-bond donors (Lipinski definition) is 1. The van der Waals surface area contributed by atoms with E-state index in [-0.39, 0.29) is 29.9 Å². The van der Waals surface area contributed by atoms with Crippen LogP contribution in [0, 0.1) is 5.92 Å². The van der Waals surface area contributed by atoms with Gasteiger partial charge in [-0.25, -0.2) is 0 Å². The van der Waals surface area contributed by atoms with E-state index in [0.717, 1.165) is 6.42 Å². The van der Waals surface area contributed by atoms with Crippen LogP contribution >= 0.6 is 0 Å². The van der Waals surface area contributed by atoms with E-state index >= 15 is 0 Å². The third kappa shape index (κ3) is 3.84. The Balaban J connectivity index is 1.81. The Kier molecular flexibility index (Phi) is 6.19. The van der Waals surface area contributed by atoms with E-state index in [2.05, 4.69) is 13.8 Å². The summed E-state index contributed by atoms with van der Waals surface area (Å²) in [5.41, 5.74) is 1.07. The molecule has 0 bridgehead atoms. The number of amides is 1. The molecule has 168 valence electrons. The summed E-state index contributed by atoms with van der Waals surface area (Å²) in [7, 11) is 1.55. The third-order valence-electron chi connectivity index (χ3n) is 5.67. The molecule has 2 heterocycles. The number of rotatable bonds is 8. The highest BCUT2D eigenvalue weighted by molar-refractivity contribution is 5.99. The van der Waals surface area contributed by atoms with E-state index in [1.54, 1.807) is 43.5 Å². The van der Waals surface area contributed by atoms with Gasteiger partial charge >= 0.3 is 0 Å². The summed E-state index contributed by atoms with van der Waals surface area (Å²) in [6.07, 6.45) is 0.911. The van der Waals surface area contributed by atoms with E-state index in [9.17, 15) is 14.7 Å². The molecule has 1 aliphatic heterocycles. The van der Waals surface area contributed by atoms with Gasteiger partial charge in [0.25, 0.3) is 5.91 Å². The lowest BCUT2D eigenvalue weighted by atomic mass is 9.98. The molecule has 3 aromatic rings. The molecule has 1 aliphatic rings. The van der Waals surface area contributed by atoms with Gasteiger partial charge < -0.3 is 23.9 Å². The zero-order valence-electron chi connectivity index (χ0n) is 18.5. The van der Waals surface area contributed by atoms with Crippen LogP contribution in [0.2, 0.25) is 0 Å². The van der Waals surface area contributed by atoms with Gasteiger partial charge in [0.2, 0.25) is 5.76 Å². The molecule has 32 heavy (non-hydrogen) atoms. The number of nitrogens with zero attached hydrogens (tertiary/aromatic N) is 1. The zero-order chi connectivity index (χ0) is 22.8. The molecule has 1 N–H and O–H groups in total. The van der Waals surface area contributed by atoms with Crippen molar-refractivity contribution in [1.82, 2.24) is 4.90 Å². The number of carbonyl (C=O) groups excluding carboxylic acids is 1. The van der Waals surface area contributed by atoms with Crippen molar-refractivity contribution in [3.05, 3.63) is 69.6 Å². The molecule has 1 amide bonds. The number of β-amino-alcohol motifs (C(OH)–C–C–N with tert-alkyl or cyclic N) is 1. The predicted molar refractivity (Wildman–Crippen MR) is 120 cm³/mol. The van der Waals surface area contributed by atoms with Gasteiger partial charge in [0.15, 0.2) is 16.9 Å². The minimum absolute atomic E-state index is 0.0170. The molecule has 4 rings (SSSR count). The molecular weight excluding hydrogens is 410 g/mol. The number of benzene rings is 2. The smallest absolute Gasteiger partial charge is 0.290 e. The van der Waals surface area contributed by atoms with Gasteiger partial charge in [-0.05, 0) is 42.2 Å². The Labute approximate surface area is 186 Å². The number of carbonyl (C=O) groups is 1. The minimum atomic E-state index is -0.691. The van der Waals surface area contributed by atoms with Crippen LogP contribution in [-0.4, -0.2) is 42.8 Å². The maximum Gasteiger partial charge on any atom is 0.290 e. The van der Waals surface area contributed by atoms with E-state index in [1.807, 2.05) is 6.07 Å². The van der Waals surface area contributed by atoms with Gasteiger partial charge in [0, 0.05) is 6.54 Å². The molecule has 1 aromatic heterocycles. The molecule has 0 radical (unpaired) electrons. The van der Waals surface area contributed by atoms with Crippen LogP contribution in [0.3, 0.4) is 0 Å². The average Bonchev–Trinajstić information content (AvgIpc) is 3.06. The lowest BCUT2D eigenvalue weighted by Gasteiger charge is -2.25. The summed E-state index contributed by atoms with van der Waals surface area (Å²) < 4.78 is 17.3. The van der Waals surface area contributed by atoms with E-state index < -0.39 is 11.9 Å². The fourth-order valence-corrected chi connectivity index (χ4v) is 4.03. The standard InChI is InChI=1S/C25H27NO6/c1-15(2)10-13-31-19-9-8-16(14-20(19)30-3)22-21-23(28)17-6-4-5-7-18(17)32-24(21)25(29)26(22)11-12-27/h4-9,14-15,22,27H,10-13H2,1-3H3/t22-/m1/s1. The summed E-state index contributed by atoms with van der Waals surface area (Å²) in [6, 6.07) is 11.6. The summed E-state index contributed by atoms with van der Waals surface area (Å²) >= 11 is 0. The Morgan fingerprint density at radius 3 is 2.62 bits per heavy atom. The minimum Gasteiger partial charge on any atom is -0.493 e. The first-order valence-corrected chi connectivity index (χ1v) is 10.7. The van der Waals surface area contributed by atoms with Gasteiger partial charge in [-0.2, -0.15) is 0 Å². The third-order valence-corrected chi connectivity index (χ3v) is 5.67. The summed E-state index contributed by atoms with van der Waals surface area (Å²) in [5, 5.41) is 10.00. The second kappa shape index (κ2) is 9.04. The van der Waals surface area contributed by atoms with Crippen molar-refractivity contribution in [2.24, 2.45) is 5.92 Å². The normalized spacial score (nSPS) is 15.5. The zero-order valence-corrected chi connectivity index (χ0v) is 18.5. The fraction of sp³-hybridized carbons (Fsp3) is 0.360. The van der Waals surface area contributed by atoms with Crippen molar-refractivity contribution in [2.45, 2.75) is 26.3 Å². The van der Waals surface area contributed by atoms with Crippen molar-refractivity contribution >= 4 is 16.9 Å². The van der Waals surface area contributed by atoms with Gasteiger partial charge in [-0.1, -0.05) is 32.0 Å². The second-order valence-corrected chi connectivity index (χ2v) is 8.24. The van der Waals surface area contributed by atoms with Crippen LogP contribution in [0.5, 0.6) is 11.5 Å². The van der Waals surface area contributed by atoms with Crippen LogP contribution in [0.1, 0.15) is 48.0 Å². The van der Waals surface area contributed by atoms with Gasteiger partial charge in [0.05, 0.1) is 37.3 Å². The quantitative estimate of drug-likeness (QED) is 0.577. The van der Waals surface area contributed by atoms with E-state index in [1.165, 1.54) is 4.90 Å². The Morgan fingerprint density at radius 1 is 1.12 bits per heavy atom. The monoisotopic (exact) mass is 437 g/mol.